The average molecular weight is 419 g/mol. The number of H-pyrrole nitrogens is 1. The molecule has 1 aliphatic rings. The van der Waals surface area contributed by atoms with Crippen LogP contribution < -0.4 is 10.2 Å². The highest BCUT2D eigenvalue weighted by Gasteiger charge is 2.31. The predicted molar refractivity (Wildman–Crippen MR) is 98.7 cm³/mol. The number of hydrogen-bond acceptors (Lipinski definition) is 6. The zero-order chi connectivity index (χ0) is 19.0. The fourth-order valence-corrected chi connectivity index (χ4v) is 3.96. The third kappa shape index (κ3) is 3.66. The molecule has 8 nitrogen and oxygen atoms in total. The molecule has 1 fully saturated rings. The van der Waals surface area contributed by atoms with Crippen LogP contribution >= 0.6 is 34.5 Å². The fraction of sp³-hybridized carbons (Fsp3) is 0.400. The third-order valence-corrected chi connectivity index (χ3v) is 6.15. The summed E-state index contributed by atoms with van der Waals surface area (Å²) in [5.41, 5.74) is 0.755. The Balaban J connectivity index is 1.64. The lowest BCUT2D eigenvalue weighted by Crippen LogP contribution is -2.54. The Labute approximate surface area is 162 Å². The van der Waals surface area contributed by atoms with Gasteiger partial charge in [-0.2, -0.15) is 0 Å². The van der Waals surface area contributed by atoms with Gasteiger partial charge in [0.1, 0.15) is 10.6 Å². The summed E-state index contributed by atoms with van der Waals surface area (Å²) in [6.07, 6.45) is 0.928. The molecule has 11 heteroatoms. The molecule has 2 atom stereocenters. The summed E-state index contributed by atoms with van der Waals surface area (Å²) in [6, 6.07) is -0.462. The van der Waals surface area contributed by atoms with Gasteiger partial charge in [-0.1, -0.05) is 34.5 Å². The lowest BCUT2D eigenvalue weighted by Gasteiger charge is -2.36. The van der Waals surface area contributed by atoms with Crippen LogP contribution in [0, 0.1) is 6.92 Å². The molecule has 1 amide bonds. The van der Waals surface area contributed by atoms with E-state index >= 15 is 0 Å². The van der Waals surface area contributed by atoms with E-state index in [1.165, 1.54) is 6.20 Å². The number of β-amino-alcohol motifs (C(OH)–C–C–N with tert-alkyl or cyclic N) is 1. The Morgan fingerprint density at radius 2 is 2.15 bits per heavy atom. The second-order valence-corrected chi connectivity index (χ2v) is 7.71. The van der Waals surface area contributed by atoms with Gasteiger partial charge >= 0.3 is 5.97 Å². The maximum absolute atomic E-state index is 12.4. The maximum Gasteiger partial charge on any atom is 0.347 e. The Bertz CT molecular complexity index is 853. The Hall–Kier alpha value is -1.81. The number of carboxylic acid groups (broad SMARTS) is 1. The van der Waals surface area contributed by atoms with Gasteiger partial charge in [-0.25, -0.2) is 9.78 Å². The summed E-state index contributed by atoms with van der Waals surface area (Å²) in [5.74, 6) is -1.47. The summed E-state index contributed by atoms with van der Waals surface area (Å²) in [4.78, 5) is 32.2. The predicted octanol–water partition coefficient (Wildman–Crippen LogP) is 2.15. The van der Waals surface area contributed by atoms with Crippen molar-refractivity contribution in [1.29, 1.82) is 0 Å². The van der Waals surface area contributed by atoms with Gasteiger partial charge < -0.3 is 25.4 Å². The van der Waals surface area contributed by atoms with E-state index in [0.29, 0.717) is 28.8 Å². The standard InChI is InChI=1S/C15H16Cl2N4O4S/c1-6-10(16)11(17)12(19-6)13(23)20-7-2-3-21(5-8(7)22)15-18-4-9(26-15)14(24)25/h4,7-8,19,22H,2-3,5H2,1H3,(H,20,23)(H,24,25)/t7-,8-/m0/s1. The largest absolute Gasteiger partial charge is 0.477 e. The van der Waals surface area contributed by atoms with Gasteiger partial charge in [0.05, 0.1) is 28.4 Å². The summed E-state index contributed by atoms with van der Waals surface area (Å²) in [6.45, 7) is 2.46. The molecule has 0 spiro atoms. The smallest absolute Gasteiger partial charge is 0.347 e. The number of hydrogen-bond donors (Lipinski definition) is 4. The Morgan fingerprint density at radius 1 is 1.42 bits per heavy atom. The van der Waals surface area contributed by atoms with Crippen molar-refractivity contribution in [2.24, 2.45) is 0 Å². The van der Waals surface area contributed by atoms with E-state index in [1.54, 1.807) is 11.8 Å². The minimum Gasteiger partial charge on any atom is -0.477 e. The van der Waals surface area contributed by atoms with Gasteiger partial charge in [0.25, 0.3) is 5.91 Å². The van der Waals surface area contributed by atoms with E-state index in [2.05, 4.69) is 15.3 Å². The number of carbonyl (C=O) groups is 2. The van der Waals surface area contributed by atoms with Crippen LogP contribution in [0.3, 0.4) is 0 Å². The molecular weight excluding hydrogens is 403 g/mol. The van der Waals surface area contributed by atoms with Crippen LogP contribution in [0.4, 0.5) is 5.13 Å². The van der Waals surface area contributed by atoms with Crippen molar-refractivity contribution < 1.29 is 19.8 Å². The second-order valence-electron chi connectivity index (χ2n) is 5.95. The molecule has 0 unspecified atom stereocenters. The molecule has 26 heavy (non-hydrogen) atoms. The summed E-state index contributed by atoms with van der Waals surface area (Å²) >= 11 is 13.1. The van der Waals surface area contributed by atoms with E-state index in [4.69, 9.17) is 28.3 Å². The molecule has 1 saturated heterocycles. The normalized spacial score (nSPS) is 20.2. The number of aromatic amines is 1. The number of rotatable bonds is 4. The highest BCUT2D eigenvalue weighted by Crippen LogP contribution is 2.30. The van der Waals surface area contributed by atoms with Gasteiger partial charge in [0.15, 0.2) is 5.13 Å². The number of carboxylic acids is 1. The number of aromatic carboxylic acids is 1. The summed E-state index contributed by atoms with van der Waals surface area (Å²) in [5, 5.41) is 23.1. The van der Waals surface area contributed by atoms with Gasteiger partial charge in [-0.15, -0.1) is 0 Å². The number of amides is 1. The van der Waals surface area contributed by atoms with E-state index in [0.717, 1.165) is 11.3 Å². The first kappa shape index (κ1) is 19.0. The van der Waals surface area contributed by atoms with Crippen LogP contribution in [0.25, 0.3) is 0 Å². The number of halogens is 2. The second kappa shape index (κ2) is 7.43. The van der Waals surface area contributed by atoms with Crippen LogP contribution in [-0.2, 0) is 0 Å². The highest BCUT2D eigenvalue weighted by molar-refractivity contribution is 7.17. The van der Waals surface area contributed by atoms with Crippen molar-refractivity contribution in [2.45, 2.75) is 25.5 Å². The van der Waals surface area contributed by atoms with E-state index in [-0.39, 0.29) is 22.1 Å². The monoisotopic (exact) mass is 418 g/mol. The summed E-state index contributed by atoms with van der Waals surface area (Å²) < 4.78 is 0. The van der Waals surface area contributed by atoms with Gasteiger partial charge in [0.2, 0.25) is 0 Å². The zero-order valence-corrected chi connectivity index (χ0v) is 16.0. The van der Waals surface area contributed by atoms with Crippen LogP contribution in [0.15, 0.2) is 6.20 Å². The van der Waals surface area contributed by atoms with Gasteiger partial charge in [-0.05, 0) is 13.3 Å². The quantitative estimate of drug-likeness (QED) is 0.603. The van der Waals surface area contributed by atoms with Crippen LogP contribution in [0.2, 0.25) is 10.0 Å². The number of nitrogens with one attached hydrogen (secondary N) is 2. The first-order chi connectivity index (χ1) is 12.3. The number of thiazole rings is 1. The van der Waals surface area contributed by atoms with Crippen LogP contribution in [0.1, 0.15) is 32.3 Å². The molecule has 4 N–H and O–H groups in total. The minimum absolute atomic E-state index is 0.138. The van der Waals surface area contributed by atoms with Crippen LogP contribution in [-0.4, -0.2) is 57.3 Å². The molecule has 140 valence electrons. The Kier molecular flexibility index (Phi) is 5.42. The molecule has 2 aromatic heterocycles. The van der Waals surface area contributed by atoms with Gasteiger partial charge in [0, 0.05) is 18.8 Å². The van der Waals surface area contributed by atoms with Crippen LogP contribution in [0.5, 0.6) is 0 Å². The molecule has 0 aliphatic carbocycles. The fourth-order valence-electron chi connectivity index (χ4n) is 2.75. The molecule has 0 radical (unpaired) electrons. The molecule has 2 aromatic rings. The van der Waals surface area contributed by atoms with E-state index in [1.807, 2.05) is 0 Å². The average Bonchev–Trinajstić information content (AvgIpc) is 3.18. The number of carbonyl (C=O) groups excluding carboxylic acids is 1. The molecule has 1 aliphatic heterocycles. The molecule has 0 saturated carbocycles. The van der Waals surface area contributed by atoms with Crippen molar-refractivity contribution in [3.05, 3.63) is 32.5 Å². The highest BCUT2D eigenvalue weighted by atomic mass is 35.5. The van der Waals surface area contributed by atoms with Crippen molar-refractivity contribution in [2.75, 3.05) is 18.0 Å². The first-order valence-corrected chi connectivity index (χ1v) is 9.31. The maximum atomic E-state index is 12.4. The third-order valence-electron chi connectivity index (χ3n) is 4.15. The molecule has 0 aromatic carbocycles. The molecule has 3 rings (SSSR count). The van der Waals surface area contributed by atoms with E-state index in [9.17, 15) is 14.7 Å². The molecule has 0 bridgehead atoms. The van der Waals surface area contributed by atoms with Crippen molar-refractivity contribution in [3.63, 3.8) is 0 Å². The first-order valence-electron chi connectivity index (χ1n) is 7.74. The number of piperidine rings is 1. The lowest BCUT2D eigenvalue weighted by molar-refractivity contribution is 0.0701. The molecule has 3 heterocycles. The van der Waals surface area contributed by atoms with E-state index < -0.39 is 24.0 Å². The SMILES string of the molecule is Cc1[nH]c(C(=O)N[C@H]2CCN(c3ncc(C(=O)O)s3)C[C@@H]2O)c(Cl)c1Cl. The number of aliphatic hydroxyl groups excluding tert-OH is 1. The van der Waals surface area contributed by atoms with Crippen molar-refractivity contribution in [3.8, 4) is 0 Å². The summed E-state index contributed by atoms with van der Waals surface area (Å²) in [7, 11) is 0. The number of nitrogens with zero attached hydrogens (tertiary/aromatic N) is 2. The van der Waals surface area contributed by atoms with Gasteiger partial charge in [-0.3, -0.25) is 4.79 Å². The number of anilines is 1. The zero-order valence-electron chi connectivity index (χ0n) is 13.6. The topological polar surface area (TPSA) is 119 Å². The molecular formula is C15H16Cl2N4O4S. The number of aliphatic hydroxyl groups is 1. The number of aromatic nitrogens is 2. The van der Waals surface area contributed by atoms with Crippen molar-refractivity contribution >= 4 is 51.5 Å². The van der Waals surface area contributed by atoms with Crippen molar-refractivity contribution in [1.82, 2.24) is 15.3 Å². The minimum atomic E-state index is -1.03. The Morgan fingerprint density at radius 3 is 2.69 bits per heavy atom. The lowest BCUT2D eigenvalue weighted by atomic mass is 10.0. The number of aryl methyl sites for hydroxylation is 1.